The molecule has 3 aromatic rings. The fourth-order valence-electron chi connectivity index (χ4n) is 3.22. The fraction of sp³-hybridized carbons (Fsp3) is 0.304. The van der Waals surface area contributed by atoms with Gasteiger partial charge in [-0.15, -0.1) is 11.3 Å². The molecule has 1 atom stereocenters. The van der Waals surface area contributed by atoms with Gasteiger partial charge in [0, 0.05) is 17.3 Å². The second-order valence-electron chi connectivity index (χ2n) is 6.44. The van der Waals surface area contributed by atoms with Gasteiger partial charge in [0.25, 0.3) is 0 Å². The Balaban J connectivity index is 1.75. The molecule has 0 saturated heterocycles. The summed E-state index contributed by atoms with van der Waals surface area (Å²) in [5.74, 6) is 0.783. The van der Waals surface area contributed by atoms with Crippen molar-refractivity contribution < 1.29 is 9.13 Å². The molecule has 27 heavy (non-hydrogen) atoms. The van der Waals surface area contributed by atoms with Gasteiger partial charge in [-0.3, -0.25) is 0 Å². The van der Waals surface area contributed by atoms with E-state index < -0.39 is 0 Å². The molecule has 1 aromatic heterocycles. The van der Waals surface area contributed by atoms with E-state index in [1.807, 2.05) is 24.3 Å². The van der Waals surface area contributed by atoms with Crippen LogP contribution in [0, 0.1) is 5.82 Å². The molecule has 1 heterocycles. The molecule has 0 aliphatic rings. The van der Waals surface area contributed by atoms with Crippen LogP contribution in [0.5, 0.6) is 5.75 Å². The second-order valence-corrected chi connectivity index (χ2v) is 7.42. The van der Waals surface area contributed by atoms with Gasteiger partial charge in [0.2, 0.25) is 0 Å². The van der Waals surface area contributed by atoms with Crippen molar-refractivity contribution in [2.75, 3.05) is 26.2 Å². The van der Waals surface area contributed by atoms with Crippen LogP contribution in [0.4, 0.5) is 4.39 Å². The number of benzene rings is 2. The summed E-state index contributed by atoms with van der Waals surface area (Å²) in [6, 6.07) is 19.3. The highest BCUT2D eigenvalue weighted by atomic mass is 32.1. The largest absolute Gasteiger partial charge is 0.492 e. The van der Waals surface area contributed by atoms with E-state index >= 15 is 0 Å². The first-order chi connectivity index (χ1) is 13.2. The van der Waals surface area contributed by atoms with E-state index in [0.29, 0.717) is 6.61 Å². The molecule has 3 rings (SSSR count). The Kier molecular flexibility index (Phi) is 7.02. The minimum atomic E-state index is -0.208. The maximum absolute atomic E-state index is 13.4. The smallest absolute Gasteiger partial charge is 0.123 e. The Morgan fingerprint density at radius 3 is 2.11 bits per heavy atom. The fourth-order valence-corrected chi connectivity index (χ4v) is 4.10. The Labute approximate surface area is 165 Å². The van der Waals surface area contributed by atoms with Crippen molar-refractivity contribution in [3.63, 3.8) is 0 Å². The van der Waals surface area contributed by atoms with Crippen molar-refractivity contribution in [3.05, 3.63) is 87.9 Å². The molecule has 0 spiro atoms. The summed E-state index contributed by atoms with van der Waals surface area (Å²) in [6.07, 6.45) is 0. The van der Waals surface area contributed by atoms with Crippen molar-refractivity contribution in [3.8, 4) is 5.75 Å². The highest BCUT2D eigenvalue weighted by Crippen LogP contribution is 2.35. The first-order valence-corrected chi connectivity index (χ1v) is 10.3. The molecule has 0 bridgehead atoms. The summed E-state index contributed by atoms with van der Waals surface area (Å²) < 4.78 is 19.3. The molecule has 142 valence electrons. The van der Waals surface area contributed by atoms with Crippen molar-refractivity contribution in [2.24, 2.45) is 0 Å². The molecule has 0 radical (unpaired) electrons. The van der Waals surface area contributed by atoms with E-state index in [2.05, 4.69) is 48.4 Å². The first-order valence-electron chi connectivity index (χ1n) is 9.45. The molecule has 0 fully saturated rings. The van der Waals surface area contributed by atoms with Crippen LogP contribution in [0.15, 0.2) is 66.0 Å². The van der Waals surface area contributed by atoms with Gasteiger partial charge in [0.05, 0.1) is 0 Å². The molecular weight excluding hydrogens is 357 g/mol. The predicted octanol–water partition coefficient (Wildman–Crippen LogP) is 5.79. The van der Waals surface area contributed by atoms with Crippen molar-refractivity contribution >= 4 is 11.3 Å². The maximum Gasteiger partial charge on any atom is 0.123 e. The molecular formula is C23H26FNOS. The standard InChI is InChI=1S/C23H26FNOS/c1-3-25(4-2)15-16-26-21-13-9-19(10-14-21)23(22-6-5-17-27-22)18-7-11-20(24)12-8-18/h5-14,17,23H,3-4,15-16H2,1-2H3. The van der Waals surface area contributed by atoms with Gasteiger partial charge in [0.15, 0.2) is 0 Å². The van der Waals surface area contributed by atoms with Crippen LogP contribution >= 0.6 is 11.3 Å². The van der Waals surface area contributed by atoms with Crippen LogP contribution < -0.4 is 4.74 Å². The highest BCUT2D eigenvalue weighted by molar-refractivity contribution is 7.10. The maximum atomic E-state index is 13.4. The normalized spacial score (nSPS) is 12.3. The van der Waals surface area contributed by atoms with Crippen LogP contribution in [0.3, 0.4) is 0 Å². The molecule has 0 N–H and O–H groups in total. The number of hydrogen-bond donors (Lipinski definition) is 0. The molecule has 0 aliphatic carbocycles. The third-order valence-corrected chi connectivity index (χ3v) is 5.75. The Morgan fingerprint density at radius 2 is 1.56 bits per heavy atom. The lowest BCUT2D eigenvalue weighted by Gasteiger charge is -2.19. The molecule has 2 nitrogen and oxygen atoms in total. The highest BCUT2D eigenvalue weighted by Gasteiger charge is 2.18. The Morgan fingerprint density at radius 1 is 0.926 bits per heavy atom. The lowest BCUT2D eigenvalue weighted by molar-refractivity contribution is 0.223. The van der Waals surface area contributed by atoms with Crippen LogP contribution in [-0.4, -0.2) is 31.1 Å². The molecule has 1 unspecified atom stereocenters. The zero-order valence-corrected chi connectivity index (χ0v) is 16.7. The molecule has 0 saturated carbocycles. The second kappa shape index (κ2) is 9.67. The lowest BCUT2D eigenvalue weighted by Crippen LogP contribution is -2.27. The minimum absolute atomic E-state index is 0.107. The van der Waals surface area contributed by atoms with Gasteiger partial charge in [-0.25, -0.2) is 4.39 Å². The SMILES string of the molecule is CCN(CC)CCOc1ccc(C(c2ccc(F)cc2)c2cccs2)cc1. The minimum Gasteiger partial charge on any atom is -0.492 e. The topological polar surface area (TPSA) is 12.5 Å². The van der Waals surface area contributed by atoms with E-state index in [1.165, 1.54) is 22.6 Å². The third kappa shape index (κ3) is 5.18. The van der Waals surface area contributed by atoms with Crippen LogP contribution in [0.25, 0.3) is 0 Å². The van der Waals surface area contributed by atoms with Crippen LogP contribution in [0.1, 0.15) is 35.8 Å². The summed E-state index contributed by atoms with van der Waals surface area (Å²) >= 11 is 1.72. The van der Waals surface area contributed by atoms with Gasteiger partial charge in [-0.1, -0.05) is 44.2 Å². The number of thiophene rings is 1. The average molecular weight is 384 g/mol. The van der Waals surface area contributed by atoms with E-state index in [4.69, 9.17) is 4.74 Å². The first kappa shape index (κ1) is 19.6. The Bertz CT molecular complexity index is 795. The summed E-state index contributed by atoms with van der Waals surface area (Å²) in [6.45, 7) is 8.03. The lowest BCUT2D eigenvalue weighted by atomic mass is 9.90. The number of hydrogen-bond acceptors (Lipinski definition) is 3. The quantitative estimate of drug-likeness (QED) is 0.464. The molecule has 4 heteroatoms. The molecule has 0 amide bonds. The van der Waals surface area contributed by atoms with Crippen LogP contribution in [-0.2, 0) is 0 Å². The number of likely N-dealkylation sites (N-methyl/N-ethyl adjacent to an activating group) is 1. The summed E-state index contributed by atoms with van der Waals surface area (Å²) in [4.78, 5) is 3.59. The summed E-state index contributed by atoms with van der Waals surface area (Å²) in [5.41, 5.74) is 2.27. The predicted molar refractivity (Wildman–Crippen MR) is 111 cm³/mol. The molecule has 0 aliphatic heterocycles. The number of rotatable bonds is 9. The molecule has 2 aromatic carbocycles. The van der Waals surface area contributed by atoms with Crippen molar-refractivity contribution in [2.45, 2.75) is 19.8 Å². The number of halogens is 1. The zero-order valence-electron chi connectivity index (χ0n) is 15.9. The van der Waals surface area contributed by atoms with Gasteiger partial charge >= 0.3 is 0 Å². The summed E-state index contributed by atoms with van der Waals surface area (Å²) in [5, 5.41) is 2.08. The number of ether oxygens (including phenoxy) is 1. The van der Waals surface area contributed by atoms with Crippen molar-refractivity contribution in [1.29, 1.82) is 0 Å². The third-order valence-electron chi connectivity index (χ3n) is 4.82. The van der Waals surface area contributed by atoms with E-state index in [1.54, 1.807) is 11.3 Å². The monoisotopic (exact) mass is 383 g/mol. The van der Waals surface area contributed by atoms with Gasteiger partial charge in [0.1, 0.15) is 18.2 Å². The summed E-state index contributed by atoms with van der Waals surface area (Å²) in [7, 11) is 0. The van der Waals surface area contributed by atoms with E-state index in [-0.39, 0.29) is 11.7 Å². The van der Waals surface area contributed by atoms with Gasteiger partial charge in [-0.05, 0) is 59.9 Å². The average Bonchev–Trinajstić information content (AvgIpc) is 3.22. The Hall–Kier alpha value is -2.17. The van der Waals surface area contributed by atoms with E-state index in [9.17, 15) is 4.39 Å². The van der Waals surface area contributed by atoms with E-state index in [0.717, 1.165) is 30.9 Å². The van der Waals surface area contributed by atoms with Crippen LogP contribution in [0.2, 0.25) is 0 Å². The van der Waals surface area contributed by atoms with Gasteiger partial charge < -0.3 is 9.64 Å². The van der Waals surface area contributed by atoms with Gasteiger partial charge in [-0.2, -0.15) is 0 Å². The zero-order chi connectivity index (χ0) is 19.1. The number of nitrogens with zero attached hydrogens (tertiary/aromatic N) is 1. The van der Waals surface area contributed by atoms with Crippen molar-refractivity contribution in [1.82, 2.24) is 4.90 Å².